The third-order valence-corrected chi connectivity index (χ3v) is 5.00. The van der Waals surface area contributed by atoms with Crippen LogP contribution in [-0.2, 0) is 9.53 Å². The molecule has 0 aromatic heterocycles. The molecule has 0 bridgehead atoms. The monoisotopic (exact) mass is 266 g/mol. The maximum atomic E-state index is 11.7. The Morgan fingerprint density at radius 1 is 1.37 bits per heavy atom. The van der Waals surface area contributed by atoms with Crippen LogP contribution in [0.15, 0.2) is 11.6 Å². The summed E-state index contributed by atoms with van der Waals surface area (Å²) in [6, 6.07) is 0. The molecule has 108 valence electrons. The predicted molar refractivity (Wildman–Crippen MR) is 74.6 cm³/mol. The lowest BCUT2D eigenvalue weighted by Crippen LogP contribution is -2.39. The van der Waals surface area contributed by atoms with Crippen LogP contribution in [0.4, 0.5) is 0 Å². The number of hydrogen-bond acceptors (Lipinski definition) is 3. The number of ether oxygens (including phenoxy) is 1. The number of rotatable bonds is 1. The van der Waals surface area contributed by atoms with Crippen LogP contribution in [0.2, 0.25) is 0 Å². The Balaban J connectivity index is 2.30. The molecule has 0 amide bonds. The molecule has 3 nitrogen and oxygen atoms in total. The molecule has 19 heavy (non-hydrogen) atoms. The summed E-state index contributed by atoms with van der Waals surface area (Å²) in [6.45, 7) is 6.47. The maximum absolute atomic E-state index is 11.7. The minimum absolute atomic E-state index is 0.208. The standard InChI is InChI=1S/C16H26O3/c1-15(2)7-8-16(3,18)13-6-5-11(14(17)19-4)9-12(13)10-15/h9,12-13,18H,5-8,10H2,1-4H3. The molecule has 0 aliphatic heterocycles. The average molecular weight is 266 g/mol. The zero-order chi connectivity index (χ0) is 14.3. The molecule has 2 rings (SSSR count). The van der Waals surface area contributed by atoms with Crippen LogP contribution in [-0.4, -0.2) is 23.8 Å². The van der Waals surface area contributed by atoms with Gasteiger partial charge >= 0.3 is 5.97 Å². The highest BCUT2D eigenvalue weighted by molar-refractivity contribution is 5.88. The number of aliphatic hydroxyl groups is 1. The van der Waals surface area contributed by atoms with Crippen LogP contribution in [0, 0.1) is 17.3 Å². The second-order valence-corrected chi connectivity index (χ2v) is 7.22. The molecule has 0 aromatic carbocycles. The van der Waals surface area contributed by atoms with Gasteiger partial charge < -0.3 is 9.84 Å². The minimum atomic E-state index is -0.614. The van der Waals surface area contributed by atoms with Crippen molar-refractivity contribution in [2.75, 3.05) is 7.11 Å². The van der Waals surface area contributed by atoms with Crippen molar-refractivity contribution in [3.05, 3.63) is 11.6 Å². The molecule has 2 aliphatic rings. The number of carbonyl (C=O) groups is 1. The largest absolute Gasteiger partial charge is 0.466 e. The van der Waals surface area contributed by atoms with Gasteiger partial charge in [0.25, 0.3) is 0 Å². The van der Waals surface area contributed by atoms with E-state index in [0.29, 0.717) is 0 Å². The number of allylic oxidation sites excluding steroid dienone is 1. The Labute approximate surface area is 116 Å². The van der Waals surface area contributed by atoms with Gasteiger partial charge in [0.15, 0.2) is 0 Å². The summed E-state index contributed by atoms with van der Waals surface area (Å²) in [7, 11) is 1.43. The number of methoxy groups -OCH3 is 1. The van der Waals surface area contributed by atoms with Crippen molar-refractivity contribution < 1.29 is 14.6 Å². The third-order valence-electron chi connectivity index (χ3n) is 5.00. The van der Waals surface area contributed by atoms with Crippen molar-refractivity contribution >= 4 is 5.97 Å². The number of hydrogen-bond donors (Lipinski definition) is 1. The van der Waals surface area contributed by atoms with Gasteiger partial charge in [0.2, 0.25) is 0 Å². The van der Waals surface area contributed by atoms with Crippen molar-refractivity contribution in [2.24, 2.45) is 17.3 Å². The van der Waals surface area contributed by atoms with E-state index < -0.39 is 5.60 Å². The number of fused-ring (bicyclic) bond motifs is 1. The quantitative estimate of drug-likeness (QED) is 0.742. The molecule has 3 atom stereocenters. The Morgan fingerprint density at radius 3 is 2.68 bits per heavy atom. The van der Waals surface area contributed by atoms with Crippen molar-refractivity contribution in [3.8, 4) is 0 Å². The summed E-state index contributed by atoms with van der Waals surface area (Å²) in [5, 5.41) is 10.7. The van der Waals surface area contributed by atoms with Crippen LogP contribution in [0.1, 0.15) is 52.9 Å². The maximum Gasteiger partial charge on any atom is 0.333 e. The van der Waals surface area contributed by atoms with Crippen molar-refractivity contribution in [1.29, 1.82) is 0 Å². The summed E-state index contributed by atoms with van der Waals surface area (Å²) < 4.78 is 4.83. The van der Waals surface area contributed by atoms with E-state index in [1.165, 1.54) is 7.11 Å². The summed E-state index contributed by atoms with van der Waals surface area (Å²) in [4.78, 5) is 11.7. The highest BCUT2D eigenvalue weighted by Crippen LogP contribution is 2.48. The van der Waals surface area contributed by atoms with E-state index in [9.17, 15) is 9.90 Å². The fourth-order valence-electron chi connectivity index (χ4n) is 3.77. The van der Waals surface area contributed by atoms with E-state index in [2.05, 4.69) is 19.9 Å². The van der Waals surface area contributed by atoms with Crippen molar-refractivity contribution in [1.82, 2.24) is 0 Å². The zero-order valence-electron chi connectivity index (χ0n) is 12.5. The lowest BCUT2D eigenvalue weighted by atomic mass is 9.70. The predicted octanol–water partition coefficient (Wildman–Crippen LogP) is 3.07. The number of carbonyl (C=O) groups excluding carboxylic acids is 1. The molecule has 0 saturated heterocycles. The van der Waals surface area contributed by atoms with Gasteiger partial charge in [0, 0.05) is 5.57 Å². The first kappa shape index (κ1) is 14.6. The SMILES string of the molecule is COC(=O)C1=CC2CC(C)(C)CCC(C)(O)C2CC1. The molecule has 2 aliphatic carbocycles. The molecule has 3 unspecified atom stereocenters. The lowest BCUT2D eigenvalue weighted by molar-refractivity contribution is -0.136. The first-order valence-electron chi connectivity index (χ1n) is 7.26. The second kappa shape index (κ2) is 4.93. The van der Waals surface area contributed by atoms with Crippen LogP contribution < -0.4 is 0 Å². The van der Waals surface area contributed by atoms with E-state index in [1.54, 1.807) is 0 Å². The highest BCUT2D eigenvalue weighted by atomic mass is 16.5. The van der Waals surface area contributed by atoms with Gasteiger partial charge in [-0.2, -0.15) is 0 Å². The normalized spacial score (nSPS) is 37.8. The van der Waals surface area contributed by atoms with E-state index in [-0.39, 0.29) is 23.2 Å². The van der Waals surface area contributed by atoms with Crippen molar-refractivity contribution in [2.45, 2.75) is 58.5 Å². The van der Waals surface area contributed by atoms with Gasteiger partial charge in [0.1, 0.15) is 0 Å². The summed E-state index contributed by atoms with van der Waals surface area (Å²) in [5.41, 5.74) is 0.395. The molecular weight excluding hydrogens is 240 g/mol. The fraction of sp³-hybridized carbons (Fsp3) is 0.812. The van der Waals surface area contributed by atoms with Gasteiger partial charge in [-0.15, -0.1) is 0 Å². The molecule has 3 heteroatoms. The van der Waals surface area contributed by atoms with Crippen LogP contribution in [0.3, 0.4) is 0 Å². The Kier molecular flexibility index (Phi) is 3.78. The van der Waals surface area contributed by atoms with Crippen molar-refractivity contribution in [3.63, 3.8) is 0 Å². The first-order valence-corrected chi connectivity index (χ1v) is 7.26. The summed E-state index contributed by atoms with van der Waals surface area (Å²) >= 11 is 0. The average Bonchev–Trinajstić information content (AvgIpc) is 2.43. The van der Waals surface area contributed by atoms with Gasteiger partial charge in [-0.05, 0) is 56.3 Å². The van der Waals surface area contributed by atoms with Crippen LogP contribution in [0.25, 0.3) is 0 Å². The van der Waals surface area contributed by atoms with Crippen LogP contribution >= 0.6 is 0 Å². The number of esters is 1. The molecule has 1 fully saturated rings. The first-order chi connectivity index (χ1) is 8.75. The van der Waals surface area contributed by atoms with Crippen LogP contribution in [0.5, 0.6) is 0 Å². The van der Waals surface area contributed by atoms with Gasteiger partial charge in [-0.1, -0.05) is 19.9 Å². The molecule has 1 N–H and O–H groups in total. The Hall–Kier alpha value is -0.830. The van der Waals surface area contributed by atoms with E-state index >= 15 is 0 Å². The highest BCUT2D eigenvalue weighted by Gasteiger charge is 2.44. The molecule has 0 radical (unpaired) electrons. The molecule has 0 aromatic rings. The summed E-state index contributed by atoms with van der Waals surface area (Å²) in [6.07, 6.45) is 6.60. The second-order valence-electron chi connectivity index (χ2n) is 7.22. The van der Waals surface area contributed by atoms with E-state index in [0.717, 1.165) is 37.7 Å². The third kappa shape index (κ3) is 3.02. The summed E-state index contributed by atoms with van der Waals surface area (Å²) in [5.74, 6) is 0.346. The van der Waals surface area contributed by atoms with E-state index in [1.807, 2.05) is 6.92 Å². The van der Waals surface area contributed by atoms with Gasteiger partial charge in [0.05, 0.1) is 12.7 Å². The minimum Gasteiger partial charge on any atom is -0.466 e. The van der Waals surface area contributed by atoms with Gasteiger partial charge in [-0.3, -0.25) is 0 Å². The Morgan fingerprint density at radius 2 is 2.05 bits per heavy atom. The molecule has 0 heterocycles. The molecular formula is C16H26O3. The topological polar surface area (TPSA) is 46.5 Å². The Bertz CT molecular complexity index is 393. The van der Waals surface area contributed by atoms with E-state index in [4.69, 9.17) is 4.74 Å². The van der Waals surface area contributed by atoms with Gasteiger partial charge in [-0.25, -0.2) is 4.79 Å². The molecule has 1 saturated carbocycles. The smallest absolute Gasteiger partial charge is 0.333 e. The fourth-order valence-corrected chi connectivity index (χ4v) is 3.77. The zero-order valence-corrected chi connectivity index (χ0v) is 12.5. The lowest BCUT2D eigenvalue weighted by Gasteiger charge is -2.38. The molecule has 0 spiro atoms.